The van der Waals surface area contributed by atoms with E-state index in [4.69, 9.17) is 4.42 Å². The maximum atomic E-state index is 11.8. The van der Waals surface area contributed by atoms with Gasteiger partial charge in [0.15, 0.2) is 0 Å². The van der Waals surface area contributed by atoms with Crippen LogP contribution in [0.2, 0.25) is 0 Å². The van der Waals surface area contributed by atoms with Crippen molar-refractivity contribution in [3.63, 3.8) is 0 Å². The summed E-state index contributed by atoms with van der Waals surface area (Å²) in [5, 5.41) is 6.23. The molecule has 0 spiro atoms. The summed E-state index contributed by atoms with van der Waals surface area (Å²) in [5.74, 6) is 1.19. The third kappa shape index (κ3) is 2.64. The van der Waals surface area contributed by atoms with Crippen molar-refractivity contribution < 1.29 is 9.21 Å². The first kappa shape index (κ1) is 11.2. The van der Waals surface area contributed by atoms with E-state index in [-0.39, 0.29) is 11.8 Å². The van der Waals surface area contributed by atoms with Crippen molar-refractivity contribution >= 4 is 5.91 Å². The van der Waals surface area contributed by atoms with E-state index in [0.717, 1.165) is 25.1 Å². The maximum absolute atomic E-state index is 11.8. The van der Waals surface area contributed by atoms with Crippen LogP contribution in [0.25, 0.3) is 0 Å². The number of rotatable bonds is 4. The highest BCUT2D eigenvalue weighted by Gasteiger charge is 2.28. The lowest BCUT2D eigenvalue weighted by Crippen LogP contribution is -2.37. The number of nitrogens with one attached hydrogen (secondary N) is 2. The second kappa shape index (κ2) is 5.16. The largest absolute Gasteiger partial charge is 0.469 e. The lowest BCUT2D eigenvalue weighted by atomic mass is 10.0. The fourth-order valence-electron chi connectivity index (χ4n) is 2.11. The van der Waals surface area contributed by atoms with Gasteiger partial charge in [-0.25, -0.2) is 0 Å². The van der Waals surface area contributed by atoms with Gasteiger partial charge in [0.25, 0.3) is 0 Å². The van der Waals surface area contributed by atoms with Crippen molar-refractivity contribution in [2.24, 2.45) is 5.92 Å². The molecule has 0 aromatic carbocycles. The predicted molar refractivity (Wildman–Crippen MR) is 61.0 cm³/mol. The molecule has 1 aromatic rings. The van der Waals surface area contributed by atoms with Gasteiger partial charge in [-0.15, -0.1) is 0 Å². The minimum Gasteiger partial charge on any atom is -0.469 e. The zero-order valence-electron chi connectivity index (χ0n) is 9.53. The summed E-state index contributed by atoms with van der Waals surface area (Å²) >= 11 is 0. The quantitative estimate of drug-likeness (QED) is 0.797. The standard InChI is InChI=1S/C12H18N2O2/c1-9-11(5-7-13-9)12(15)14-6-4-10-3-2-8-16-10/h2-3,8-9,11,13H,4-7H2,1H3,(H,14,15). The SMILES string of the molecule is CC1NCCC1C(=O)NCCc1ccco1. The van der Waals surface area contributed by atoms with E-state index in [9.17, 15) is 4.79 Å². The molecular formula is C12H18N2O2. The van der Waals surface area contributed by atoms with Crippen molar-refractivity contribution in [1.82, 2.24) is 10.6 Å². The van der Waals surface area contributed by atoms with Crippen LogP contribution in [0.1, 0.15) is 19.1 Å². The van der Waals surface area contributed by atoms with Crippen LogP contribution in [0.15, 0.2) is 22.8 Å². The number of carbonyl (C=O) groups excluding carboxylic acids is 1. The van der Waals surface area contributed by atoms with Crippen LogP contribution >= 0.6 is 0 Å². The Labute approximate surface area is 95.4 Å². The third-order valence-electron chi connectivity index (χ3n) is 3.11. The summed E-state index contributed by atoms with van der Waals surface area (Å²) in [7, 11) is 0. The Bertz CT molecular complexity index is 335. The van der Waals surface area contributed by atoms with E-state index in [1.165, 1.54) is 0 Å². The monoisotopic (exact) mass is 222 g/mol. The van der Waals surface area contributed by atoms with Crippen molar-refractivity contribution in [2.75, 3.05) is 13.1 Å². The fourth-order valence-corrected chi connectivity index (χ4v) is 2.11. The van der Waals surface area contributed by atoms with Crippen LogP contribution in [0.3, 0.4) is 0 Å². The topological polar surface area (TPSA) is 54.3 Å². The van der Waals surface area contributed by atoms with Crippen molar-refractivity contribution in [3.05, 3.63) is 24.2 Å². The van der Waals surface area contributed by atoms with Gasteiger partial charge in [-0.1, -0.05) is 0 Å². The molecule has 4 heteroatoms. The highest BCUT2D eigenvalue weighted by atomic mass is 16.3. The molecule has 0 aliphatic carbocycles. The molecule has 16 heavy (non-hydrogen) atoms. The Balaban J connectivity index is 1.71. The van der Waals surface area contributed by atoms with E-state index < -0.39 is 0 Å². The summed E-state index contributed by atoms with van der Waals surface area (Å²) in [6, 6.07) is 4.08. The summed E-state index contributed by atoms with van der Waals surface area (Å²) in [6.07, 6.45) is 3.35. The average molecular weight is 222 g/mol. The van der Waals surface area contributed by atoms with E-state index in [1.807, 2.05) is 12.1 Å². The molecule has 2 heterocycles. The number of furan rings is 1. The number of carbonyl (C=O) groups is 1. The molecule has 2 rings (SSSR count). The molecule has 4 nitrogen and oxygen atoms in total. The Hall–Kier alpha value is -1.29. The van der Waals surface area contributed by atoms with Gasteiger partial charge in [-0.2, -0.15) is 0 Å². The molecule has 1 aliphatic rings. The number of amides is 1. The van der Waals surface area contributed by atoms with Gasteiger partial charge in [0.2, 0.25) is 5.91 Å². The minimum absolute atomic E-state index is 0.122. The molecule has 2 unspecified atom stereocenters. The zero-order valence-corrected chi connectivity index (χ0v) is 9.53. The zero-order chi connectivity index (χ0) is 11.4. The maximum Gasteiger partial charge on any atom is 0.224 e. The smallest absolute Gasteiger partial charge is 0.224 e. The highest BCUT2D eigenvalue weighted by molar-refractivity contribution is 5.79. The lowest BCUT2D eigenvalue weighted by Gasteiger charge is -2.14. The van der Waals surface area contributed by atoms with E-state index in [0.29, 0.717) is 12.6 Å². The molecule has 1 aliphatic heterocycles. The first-order valence-corrected chi connectivity index (χ1v) is 5.81. The molecule has 88 valence electrons. The van der Waals surface area contributed by atoms with Gasteiger partial charge in [0.05, 0.1) is 12.2 Å². The van der Waals surface area contributed by atoms with Gasteiger partial charge < -0.3 is 15.1 Å². The van der Waals surface area contributed by atoms with Crippen molar-refractivity contribution in [3.8, 4) is 0 Å². The first-order chi connectivity index (χ1) is 7.77. The average Bonchev–Trinajstić information content (AvgIpc) is 2.88. The number of hydrogen-bond donors (Lipinski definition) is 2. The van der Waals surface area contributed by atoms with Gasteiger partial charge >= 0.3 is 0 Å². The molecule has 2 N–H and O–H groups in total. The van der Waals surface area contributed by atoms with Crippen molar-refractivity contribution in [1.29, 1.82) is 0 Å². The fraction of sp³-hybridized carbons (Fsp3) is 0.583. The number of hydrogen-bond acceptors (Lipinski definition) is 3. The first-order valence-electron chi connectivity index (χ1n) is 5.81. The van der Waals surface area contributed by atoms with Crippen molar-refractivity contribution in [2.45, 2.75) is 25.8 Å². The minimum atomic E-state index is 0.122. The third-order valence-corrected chi connectivity index (χ3v) is 3.11. The Morgan fingerprint density at radius 1 is 1.69 bits per heavy atom. The lowest BCUT2D eigenvalue weighted by molar-refractivity contribution is -0.125. The van der Waals surface area contributed by atoms with Crippen LogP contribution in [0.5, 0.6) is 0 Å². The van der Waals surface area contributed by atoms with Crippen LogP contribution in [0.4, 0.5) is 0 Å². The summed E-state index contributed by atoms with van der Waals surface area (Å²) < 4.78 is 5.20. The van der Waals surface area contributed by atoms with Crippen LogP contribution < -0.4 is 10.6 Å². The van der Waals surface area contributed by atoms with Gasteiger partial charge in [0.1, 0.15) is 5.76 Å². The molecule has 0 radical (unpaired) electrons. The summed E-state index contributed by atoms with van der Waals surface area (Å²) in [4.78, 5) is 11.8. The molecule has 1 fully saturated rings. The molecule has 2 atom stereocenters. The van der Waals surface area contributed by atoms with E-state index in [1.54, 1.807) is 6.26 Å². The van der Waals surface area contributed by atoms with Crippen LogP contribution in [0, 0.1) is 5.92 Å². The van der Waals surface area contributed by atoms with E-state index in [2.05, 4.69) is 17.6 Å². The second-order valence-electron chi connectivity index (χ2n) is 4.26. The Kier molecular flexibility index (Phi) is 3.62. The summed E-state index contributed by atoms with van der Waals surface area (Å²) in [6.45, 7) is 3.65. The van der Waals surface area contributed by atoms with Gasteiger partial charge in [-0.05, 0) is 32.0 Å². The molecule has 1 saturated heterocycles. The molecule has 0 saturated carbocycles. The van der Waals surface area contributed by atoms with Gasteiger partial charge in [-0.3, -0.25) is 4.79 Å². The highest BCUT2D eigenvalue weighted by Crippen LogP contribution is 2.14. The summed E-state index contributed by atoms with van der Waals surface area (Å²) in [5.41, 5.74) is 0. The molecule has 1 amide bonds. The van der Waals surface area contributed by atoms with Crippen LogP contribution in [-0.2, 0) is 11.2 Å². The Morgan fingerprint density at radius 3 is 3.19 bits per heavy atom. The van der Waals surface area contributed by atoms with Crippen LogP contribution in [-0.4, -0.2) is 25.0 Å². The predicted octanol–water partition coefficient (Wildman–Crippen LogP) is 0.936. The normalized spacial score (nSPS) is 24.6. The molecule has 1 aromatic heterocycles. The Morgan fingerprint density at radius 2 is 2.56 bits per heavy atom. The second-order valence-corrected chi connectivity index (χ2v) is 4.26. The molecule has 0 bridgehead atoms. The molecular weight excluding hydrogens is 204 g/mol. The van der Waals surface area contributed by atoms with Gasteiger partial charge in [0, 0.05) is 19.0 Å². The van der Waals surface area contributed by atoms with E-state index >= 15 is 0 Å².